The molecule has 2 atom stereocenters. The van der Waals surface area contributed by atoms with Gasteiger partial charge in [-0.2, -0.15) is 0 Å². The Balaban J connectivity index is 1.98. The van der Waals surface area contributed by atoms with Gasteiger partial charge in [0.15, 0.2) is 0 Å². The van der Waals surface area contributed by atoms with Gasteiger partial charge in [-0.25, -0.2) is 4.98 Å². The Morgan fingerprint density at radius 2 is 2.13 bits per heavy atom. The van der Waals surface area contributed by atoms with E-state index in [1.807, 2.05) is 12.1 Å². The maximum atomic E-state index is 6.06. The highest BCUT2D eigenvalue weighted by Gasteiger charge is 2.21. The molecule has 0 bridgehead atoms. The van der Waals surface area contributed by atoms with Crippen LogP contribution in [0.5, 0.6) is 0 Å². The number of nitrogens with two attached hydrogens (primary N) is 1. The first-order valence-electron chi connectivity index (χ1n) is 5.39. The van der Waals surface area contributed by atoms with Crippen LogP contribution in [0.3, 0.4) is 0 Å². The van der Waals surface area contributed by atoms with E-state index in [1.165, 1.54) is 12.8 Å². The van der Waals surface area contributed by atoms with E-state index in [2.05, 4.69) is 26.2 Å². The minimum atomic E-state index is 0.268. The fourth-order valence-electron chi connectivity index (χ4n) is 1.99. The third-order valence-corrected chi connectivity index (χ3v) is 3.35. The van der Waals surface area contributed by atoms with Crippen molar-refractivity contribution in [3.05, 3.63) is 22.8 Å². The second kappa shape index (κ2) is 4.94. The van der Waals surface area contributed by atoms with Gasteiger partial charge in [-0.05, 0) is 40.9 Å². The van der Waals surface area contributed by atoms with Crippen LogP contribution >= 0.6 is 15.9 Å². The first-order valence-corrected chi connectivity index (χ1v) is 6.18. The number of halogens is 1. The Bertz CT molecular complexity index is 312. The summed E-state index contributed by atoms with van der Waals surface area (Å²) in [6.45, 7) is 0. The maximum Gasteiger partial charge on any atom is 0.126 e. The summed E-state index contributed by atoms with van der Waals surface area (Å²) in [7, 11) is 0. The summed E-state index contributed by atoms with van der Waals surface area (Å²) < 4.78 is 1.00. The molecule has 0 spiro atoms. The van der Waals surface area contributed by atoms with E-state index in [-0.39, 0.29) is 6.04 Å². The van der Waals surface area contributed by atoms with Gasteiger partial charge in [0.05, 0.1) is 0 Å². The van der Waals surface area contributed by atoms with Gasteiger partial charge in [-0.1, -0.05) is 12.8 Å². The van der Waals surface area contributed by atoms with Crippen LogP contribution in [0, 0.1) is 0 Å². The molecule has 3 N–H and O–H groups in total. The van der Waals surface area contributed by atoms with Crippen LogP contribution in [0.4, 0.5) is 5.82 Å². The molecular formula is C11H16BrN3. The SMILES string of the molecule is N[C@@H]1CCCC[C@H]1Nc1ccc(Br)cn1. The minimum absolute atomic E-state index is 0.268. The molecule has 0 saturated heterocycles. The molecule has 0 amide bonds. The normalized spacial score (nSPS) is 26.3. The van der Waals surface area contributed by atoms with Crippen molar-refractivity contribution in [1.29, 1.82) is 0 Å². The lowest BCUT2D eigenvalue weighted by Gasteiger charge is -2.29. The number of aromatic nitrogens is 1. The van der Waals surface area contributed by atoms with Crippen LogP contribution in [0.2, 0.25) is 0 Å². The van der Waals surface area contributed by atoms with Gasteiger partial charge in [-0.15, -0.1) is 0 Å². The van der Waals surface area contributed by atoms with Crippen LogP contribution in [-0.4, -0.2) is 17.1 Å². The number of nitrogens with one attached hydrogen (secondary N) is 1. The van der Waals surface area contributed by atoms with Crippen LogP contribution in [0.25, 0.3) is 0 Å². The monoisotopic (exact) mass is 269 g/mol. The first kappa shape index (κ1) is 10.9. The van der Waals surface area contributed by atoms with E-state index in [9.17, 15) is 0 Å². The predicted octanol–water partition coefficient (Wildman–Crippen LogP) is 2.53. The van der Waals surface area contributed by atoms with E-state index < -0.39 is 0 Å². The van der Waals surface area contributed by atoms with E-state index in [0.717, 1.165) is 23.1 Å². The number of pyridine rings is 1. The van der Waals surface area contributed by atoms with Crippen molar-refractivity contribution in [3.8, 4) is 0 Å². The quantitative estimate of drug-likeness (QED) is 0.868. The molecule has 1 aromatic rings. The molecule has 2 rings (SSSR count). The number of nitrogens with zero attached hydrogens (tertiary/aromatic N) is 1. The third kappa shape index (κ3) is 2.92. The van der Waals surface area contributed by atoms with Crippen molar-refractivity contribution < 1.29 is 0 Å². The van der Waals surface area contributed by atoms with E-state index >= 15 is 0 Å². The van der Waals surface area contributed by atoms with Crippen LogP contribution < -0.4 is 11.1 Å². The lowest BCUT2D eigenvalue weighted by molar-refractivity contribution is 0.403. The van der Waals surface area contributed by atoms with Crippen LogP contribution in [-0.2, 0) is 0 Å². The van der Waals surface area contributed by atoms with E-state index in [4.69, 9.17) is 5.73 Å². The summed E-state index contributed by atoms with van der Waals surface area (Å²) in [5.74, 6) is 0.917. The van der Waals surface area contributed by atoms with Gasteiger partial charge in [0.2, 0.25) is 0 Å². The maximum absolute atomic E-state index is 6.06. The molecule has 0 radical (unpaired) electrons. The van der Waals surface area contributed by atoms with Crippen molar-refractivity contribution in [2.24, 2.45) is 5.73 Å². The van der Waals surface area contributed by atoms with Crippen molar-refractivity contribution in [2.75, 3.05) is 5.32 Å². The zero-order chi connectivity index (χ0) is 10.7. The molecule has 1 aliphatic carbocycles. The molecule has 1 heterocycles. The summed E-state index contributed by atoms with van der Waals surface area (Å²) in [4.78, 5) is 4.29. The summed E-state index contributed by atoms with van der Waals surface area (Å²) in [5.41, 5.74) is 6.06. The Morgan fingerprint density at radius 1 is 1.33 bits per heavy atom. The highest BCUT2D eigenvalue weighted by molar-refractivity contribution is 9.10. The van der Waals surface area contributed by atoms with Crippen LogP contribution in [0.15, 0.2) is 22.8 Å². The molecule has 0 aromatic carbocycles. The Kier molecular flexibility index (Phi) is 3.59. The molecule has 1 aliphatic rings. The Morgan fingerprint density at radius 3 is 2.80 bits per heavy atom. The molecule has 4 heteroatoms. The predicted molar refractivity (Wildman–Crippen MR) is 65.8 cm³/mol. The molecule has 1 saturated carbocycles. The fraction of sp³-hybridized carbons (Fsp3) is 0.545. The molecule has 0 unspecified atom stereocenters. The smallest absolute Gasteiger partial charge is 0.126 e. The first-order chi connectivity index (χ1) is 7.25. The van der Waals surface area contributed by atoms with Gasteiger partial charge >= 0.3 is 0 Å². The number of hydrogen-bond acceptors (Lipinski definition) is 3. The lowest BCUT2D eigenvalue weighted by Crippen LogP contribution is -2.42. The Labute approximate surface area is 98.6 Å². The van der Waals surface area contributed by atoms with Crippen molar-refractivity contribution in [3.63, 3.8) is 0 Å². The number of rotatable bonds is 2. The van der Waals surface area contributed by atoms with Crippen LogP contribution in [0.1, 0.15) is 25.7 Å². The molecule has 1 aromatic heterocycles. The summed E-state index contributed by atoms with van der Waals surface area (Å²) in [5, 5.41) is 3.40. The van der Waals surface area contributed by atoms with E-state index in [0.29, 0.717) is 6.04 Å². The zero-order valence-electron chi connectivity index (χ0n) is 8.62. The molecule has 0 aliphatic heterocycles. The van der Waals surface area contributed by atoms with Gasteiger partial charge in [0, 0.05) is 22.8 Å². The van der Waals surface area contributed by atoms with Crippen molar-refractivity contribution in [2.45, 2.75) is 37.8 Å². The summed E-state index contributed by atoms with van der Waals surface area (Å²) in [6, 6.07) is 4.62. The largest absolute Gasteiger partial charge is 0.366 e. The van der Waals surface area contributed by atoms with Crippen molar-refractivity contribution in [1.82, 2.24) is 4.98 Å². The molecule has 1 fully saturated rings. The third-order valence-electron chi connectivity index (χ3n) is 2.88. The minimum Gasteiger partial charge on any atom is -0.366 e. The number of hydrogen-bond donors (Lipinski definition) is 2. The topological polar surface area (TPSA) is 50.9 Å². The second-order valence-electron chi connectivity index (χ2n) is 4.06. The molecular weight excluding hydrogens is 254 g/mol. The second-order valence-corrected chi connectivity index (χ2v) is 4.98. The highest BCUT2D eigenvalue weighted by atomic mass is 79.9. The van der Waals surface area contributed by atoms with Gasteiger partial charge in [0.25, 0.3) is 0 Å². The van der Waals surface area contributed by atoms with Crippen molar-refractivity contribution >= 4 is 21.7 Å². The zero-order valence-corrected chi connectivity index (χ0v) is 10.2. The summed E-state index contributed by atoms with van der Waals surface area (Å²) >= 11 is 3.37. The van der Waals surface area contributed by atoms with Gasteiger partial charge in [-0.3, -0.25) is 0 Å². The fourth-order valence-corrected chi connectivity index (χ4v) is 2.22. The van der Waals surface area contributed by atoms with Gasteiger partial charge in [0.1, 0.15) is 5.82 Å². The van der Waals surface area contributed by atoms with E-state index in [1.54, 1.807) is 6.20 Å². The standard InChI is InChI=1S/C11H16BrN3/c12-8-5-6-11(14-7-8)15-10-4-2-1-3-9(10)13/h5-7,9-10H,1-4,13H2,(H,14,15)/t9-,10-/m1/s1. The Hall–Kier alpha value is -0.610. The van der Waals surface area contributed by atoms with Gasteiger partial charge < -0.3 is 11.1 Å². The number of anilines is 1. The molecule has 15 heavy (non-hydrogen) atoms. The average molecular weight is 270 g/mol. The summed E-state index contributed by atoms with van der Waals surface area (Å²) in [6.07, 6.45) is 6.60. The molecule has 82 valence electrons. The average Bonchev–Trinajstić information content (AvgIpc) is 2.25. The molecule has 3 nitrogen and oxygen atoms in total. The highest BCUT2D eigenvalue weighted by Crippen LogP contribution is 2.20. The lowest BCUT2D eigenvalue weighted by atomic mass is 9.91.